The van der Waals surface area contributed by atoms with Crippen LogP contribution in [0.15, 0.2) is 48.8 Å². The van der Waals surface area contributed by atoms with Crippen LogP contribution >= 0.6 is 0 Å². The fourth-order valence-electron chi connectivity index (χ4n) is 8.94. The van der Waals surface area contributed by atoms with Gasteiger partial charge in [0, 0.05) is 56.8 Å². The van der Waals surface area contributed by atoms with Crippen LogP contribution < -0.4 is 20.1 Å². The van der Waals surface area contributed by atoms with Gasteiger partial charge >= 0.3 is 10.2 Å². The third kappa shape index (κ3) is 8.23. The number of carbonyl (C=O) groups excluding carboxylic acids is 4. The van der Waals surface area contributed by atoms with Crippen molar-refractivity contribution in [1.82, 2.24) is 43.8 Å². The number of ether oxygens (including phenoxy) is 1. The molecule has 4 amide bonds. The zero-order valence-electron chi connectivity index (χ0n) is 32.5. The zero-order valence-corrected chi connectivity index (χ0v) is 33.3. The van der Waals surface area contributed by atoms with Gasteiger partial charge in [0.15, 0.2) is 0 Å². The first-order valence-corrected chi connectivity index (χ1v) is 22.0. The highest BCUT2D eigenvalue weighted by molar-refractivity contribution is 7.87. The van der Waals surface area contributed by atoms with Crippen molar-refractivity contribution in [3.63, 3.8) is 0 Å². The molecule has 2 saturated carbocycles. The van der Waals surface area contributed by atoms with Gasteiger partial charge in [0.05, 0.1) is 17.6 Å². The molecule has 8 rings (SSSR count). The van der Waals surface area contributed by atoms with Crippen molar-refractivity contribution in [2.45, 2.75) is 101 Å². The SMILES string of the molecule is CN1CCN(S(=O)(=O)NC(=O)[C@@]23CC2/C=C\CCCCC[C@H](NC(=O)C2CCCCC2)C(=O)N2C[C@H](Oc4nc5ccccc5n5ccnc45)C[C@H]2C(=O)N3)CC1. The number of rotatable bonds is 7. The fourth-order valence-corrected chi connectivity index (χ4v) is 10.1. The van der Waals surface area contributed by atoms with Crippen LogP contribution in [0.5, 0.6) is 5.88 Å². The highest BCUT2D eigenvalue weighted by Gasteiger charge is 2.62. The topological polar surface area (TPSA) is 188 Å². The van der Waals surface area contributed by atoms with Crippen LogP contribution in [-0.4, -0.2) is 124 Å². The van der Waals surface area contributed by atoms with Crippen molar-refractivity contribution in [2.75, 3.05) is 39.8 Å². The molecule has 2 aromatic heterocycles. The summed E-state index contributed by atoms with van der Waals surface area (Å²) in [5.41, 5.74) is 0.472. The van der Waals surface area contributed by atoms with E-state index >= 15 is 0 Å². The number of hydrogen-bond acceptors (Lipinski definition) is 10. The molecule has 2 saturated heterocycles. The standard InChI is InChI=1S/C40H53N9O7S/c1-46-20-22-47(23-21-46)57(54,55)45-39(53)40-25-28(40)14-8-3-2-4-9-16-31(42-35(50)27-12-6-5-7-13-27)38(52)49-26-29(24-33(49)36(51)44-40)56-37-34-41-18-19-48(34)32-17-11-10-15-30(32)43-37/h8,10-11,14-15,17-19,27-29,31,33H,2-7,9,12-13,16,20-26H2,1H3,(H,42,50)(H,44,51)(H,45,53)/b14-8-/t28?,29-,31+,33+,40-/m1/s1. The second-order valence-corrected chi connectivity index (χ2v) is 18.1. The van der Waals surface area contributed by atoms with Crippen LogP contribution in [0.25, 0.3) is 16.7 Å². The summed E-state index contributed by atoms with van der Waals surface area (Å²) < 4.78 is 38.8. The predicted molar refractivity (Wildman–Crippen MR) is 211 cm³/mol. The molecule has 3 N–H and O–H groups in total. The van der Waals surface area contributed by atoms with E-state index < -0.39 is 51.7 Å². The van der Waals surface area contributed by atoms with Gasteiger partial charge in [-0.05, 0) is 57.7 Å². The van der Waals surface area contributed by atoms with E-state index in [0.29, 0.717) is 37.1 Å². The van der Waals surface area contributed by atoms with Gasteiger partial charge in [0.25, 0.3) is 11.8 Å². The quantitative estimate of drug-likeness (QED) is 0.299. The maximum absolute atomic E-state index is 14.7. The Morgan fingerprint density at radius 2 is 1.74 bits per heavy atom. The van der Waals surface area contributed by atoms with E-state index in [0.717, 1.165) is 56.9 Å². The summed E-state index contributed by atoms with van der Waals surface area (Å²) in [6, 6.07) is 5.65. The Balaban J connectivity index is 1.09. The normalized spacial score (nSPS) is 29.1. The largest absolute Gasteiger partial charge is 0.470 e. The molecule has 0 spiro atoms. The van der Waals surface area contributed by atoms with Gasteiger partial charge in [-0.25, -0.2) is 14.7 Å². The third-order valence-corrected chi connectivity index (χ3v) is 13.9. The molecule has 5 atom stereocenters. The first kappa shape index (κ1) is 39.2. The maximum atomic E-state index is 14.7. The first-order chi connectivity index (χ1) is 27.5. The van der Waals surface area contributed by atoms with Gasteiger partial charge in [0.2, 0.25) is 23.4 Å². The molecule has 306 valence electrons. The molecule has 3 aliphatic heterocycles. The van der Waals surface area contributed by atoms with Crippen molar-refractivity contribution in [1.29, 1.82) is 0 Å². The molecule has 0 radical (unpaired) electrons. The third-order valence-electron chi connectivity index (χ3n) is 12.4. The number of aromatic nitrogens is 3. The number of likely N-dealkylation sites (N-methyl/N-ethyl adjacent to an activating group) is 1. The van der Waals surface area contributed by atoms with Crippen LogP contribution in [-0.2, 0) is 29.4 Å². The van der Waals surface area contributed by atoms with Gasteiger partial charge in [-0.3, -0.25) is 23.6 Å². The van der Waals surface area contributed by atoms with Gasteiger partial charge in [0.1, 0.15) is 23.7 Å². The number of carbonyl (C=O) groups is 4. The molecule has 1 unspecified atom stereocenters. The van der Waals surface area contributed by atoms with Crippen LogP contribution in [0.1, 0.15) is 77.0 Å². The number of benzene rings is 1. The van der Waals surface area contributed by atoms with E-state index in [4.69, 9.17) is 9.72 Å². The Labute approximate surface area is 332 Å². The molecule has 57 heavy (non-hydrogen) atoms. The molecule has 4 fully saturated rings. The van der Waals surface area contributed by atoms with Crippen molar-refractivity contribution in [3.05, 3.63) is 48.8 Å². The summed E-state index contributed by atoms with van der Waals surface area (Å²) >= 11 is 0. The number of hydrogen-bond donors (Lipinski definition) is 3. The second-order valence-electron chi connectivity index (χ2n) is 16.4. The zero-order chi connectivity index (χ0) is 39.7. The van der Waals surface area contributed by atoms with Crippen LogP contribution in [0.4, 0.5) is 0 Å². The number of imidazole rings is 1. The minimum absolute atomic E-state index is 0.0222. The summed E-state index contributed by atoms with van der Waals surface area (Å²) in [5, 5.41) is 6.03. The van der Waals surface area contributed by atoms with Crippen molar-refractivity contribution in [3.8, 4) is 5.88 Å². The van der Waals surface area contributed by atoms with E-state index in [1.165, 1.54) is 9.21 Å². The highest BCUT2D eigenvalue weighted by Crippen LogP contribution is 2.46. The predicted octanol–water partition coefficient (Wildman–Crippen LogP) is 2.30. The van der Waals surface area contributed by atoms with E-state index in [9.17, 15) is 27.6 Å². The molecular weight excluding hydrogens is 751 g/mol. The lowest BCUT2D eigenvalue weighted by molar-refractivity contribution is -0.143. The average Bonchev–Trinajstić information content (AvgIpc) is 3.49. The number of allylic oxidation sites excluding steroid dienone is 1. The van der Waals surface area contributed by atoms with Crippen LogP contribution in [0.3, 0.4) is 0 Å². The van der Waals surface area contributed by atoms with E-state index in [1.807, 2.05) is 59.0 Å². The maximum Gasteiger partial charge on any atom is 0.303 e. The molecule has 2 aliphatic carbocycles. The van der Waals surface area contributed by atoms with Gasteiger partial charge < -0.3 is 25.2 Å². The molecule has 5 heterocycles. The Morgan fingerprint density at radius 1 is 0.982 bits per heavy atom. The summed E-state index contributed by atoms with van der Waals surface area (Å²) in [6.45, 7) is 1.55. The Hall–Kier alpha value is -4.61. The summed E-state index contributed by atoms with van der Waals surface area (Å²) in [5.74, 6) is -2.28. The highest BCUT2D eigenvalue weighted by atomic mass is 32.2. The summed E-state index contributed by atoms with van der Waals surface area (Å²) in [6.07, 6.45) is 15.0. The van der Waals surface area contributed by atoms with Crippen LogP contribution in [0, 0.1) is 11.8 Å². The number of amides is 4. The average molecular weight is 804 g/mol. The number of nitrogens with zero attached hydrogens (tertiary/aromatic N) is 6. The van der Waals surface area contributed by atoms with Crippen molar-refractivity contribution in [2.24, 2.45) is 11.8 Å². The first-order valence-electron chi connectivity index (χ1n) is 20.5. The lowest BCUT2D eigenvalue weighted by Crippen LogP contribution is -2.60. The summed E-state index contributed by atoms with van der Waals surface area (Å²) in [4.78, 5) is 69.7. The molecule has 0 bridgehead atoms. The molecule has 17 heteroatoms. The van der Waals surface area contributed by atoms with Crippen LogP contribution in [0.2, 0.25) is 0 Å². The van der Waals surface area contributed by atoms with Gasteiger partial charge in [-0.15, -0.1) is 0 Å². The van der Waals surface area contributed by atoms with Crippen molar-refractivity contribution < 1.29 is 32.3 Å². The second kappa shape index (κ2) is 16.3. The smallest absolute Gasteiger partial charge is 0.303 e. The lowest BCUT2D eigenvalue weighted by Gasteiger charge is -2.32. The molecule has 1 aromatic carbocycles. The van der Waals surface area contributed by atoms with Gasteiger partial charge in [-0.1, -0.05) is 56.4 Å². The Morgan fingerprint density at radius 3 is 2.54 bits per heavy atom. The molecular formula is C40H53N9O7S. The number of piperazine rings is 1. The Bertz CT molecular complexity index is 2150. The number of nitrogens with one attached hydrogen (secondary N) is 3. The number of para-hydroxylation sites is 2. The molecule has 5 aliphatic rings. The van der Waals surface area contributed by atoms with E-state index in [1.54, 1.807) is 6.20 Å². The fraction of sp³-hybridized carbons (Fsp3) is 0.600. The lowest BCUT2D eigenvalue weighted by atomic mass is 9.88. The van der Waals surface area contributed by atoms with Gasteiger partial charge in [-0.2, -0.15) is 12.7 Å². The minimum atomic E-state index is -4.18. The monoisotopic (exact) mass is 803 g/mol. The minimum Gasteiger partial charge on any atom is -0.470 e. The van der Waals surface area contributed by atoms with E-state index in [2.05, 4.69) is 20.3 Å². The molecule has 16 nitrogen and oxygen atoms in total. The van der Waals surface area contributed by atoms with Crippen molar-refractivity contribution >= 4 is 50.5 Å². The molecule has 3 aromatic rings. The summed E-state index contributed by atoms with van der Waals surface area (Å²) in [7, 11) is -2.28. The van der Waals surface area contributed by atoms with E-state index in [-0.39, 0.29) is 56.1 Å². The number of fused-ring (bicyclic) bond motifs is 5. The Kier molecular flexibility index (Phi) is 11.2.